The summed E-state index contributed by atoms with van der Waals surface area (Å²) in [5, 5.41) is 8.95. The zero-order valence-corrected chi connectivity index (χ0v) is 10.7. The smallest absolute Gasteiger partial charge is 0.236 e. The van der Waals surface area contributed by atoms with Crippen molar-refractivity contribution in [2.45, 2.75) is 13.8 Å². The van der Waals surface area contributed by atoms with E-state index in [4.69, 9.17) is 16.7 Å². The predicted octanol–water partition coefficient (Wildman–Crippen LogP) is 1.09. The van der Waals surface area contributed by atoms with Crippen LogP contribution < -0.4 is 16.4 Å². The number of hydrogen-bond acceptors (Lipinski definition) is 4. The molecule has 5 nitrogen and oxygen atoms in total. The Morgan fingerprint density at radius 1 is 1.50 bits per heavy atom. The highest BCUT2D eigenvalue weighted by atomic mass is 16.1. The third-order valence-corrected chi connectivity index (χ3v) is 2.45. The second-order valence-corrected chi connectivity index (χ2v) is 4.62. The number of benzene rings is 1. The van der Waals surface area contributed by atoms with Crippen LogP contribution in [0.25, 0.3) is 0 Å². The van der Waals surface area contributed by atoms with E-state index in [1.54, 1.807) is 18.2 Å². The summed E-state index contributed by atoms with van der Waals surface area (Å²) >= 11 is 0. The van der Waals surface area contributed by atoms with Crippen molar-refractivity contribution >= 4 is 17.3 Å². The van der Waals surface area contributed by atoms with Gasteiger partial charge in [-0.25, -0.2) is 0 Å². The van der Waals surface area contributed by atoms with Gasteiger partial charge in [0.15, 0.2) is 0 Å². The Bertz CT molecular complexity index is 476. The molecule has 0 aliphatic carbocycles. The Hall–Kier alpha value is -2.22. The highest BCUT2D eigenvalue weighted by Gasteiger charge is 2.12. The van der Waals surface area contributed by atoms with Gasteiger partial charge in [-0.05, 0) is 24.1 Å². The number of anilines is 2. The first-order valence-electron chi connectivity index (χ1n) is 5.77. The molecule has 0 saturated heterocycles. The lowest BCUT2D eigenvalue weighted by molar-refractivity contribution is -0.116. The largest absolute Gasteiger partial charge is 0.398 e. The maximum atomic E-state index is 11.1. The van der Waals surface area contributed by atoms with Gasteiger partial charge in [0.1, 0.15) is 6.07 Å². The van der Waals surface area contributed by atoms with Gasteiger partial charge in [-0.15, -0.1) is 0 Å². The predicted molar refractivity (Wildman–Crippen MR) is 71.8 cm³/mol. The summed E-state index contributed by atoms with van der Waals surface area (Å²) in [6.07, 6.45) is 0. The summed E-state index contributed by atoms with van der Waals surface area (Å²) in [5.74, 6) is -0.0154. The number of rotatable bonds is 5. The normalized spacial score (nSPS) is 10.1. The molecular formula is C13H18N4O. The van der Waals surface area contributed by atoms with E-state index in [1.807, 2.05) is 11.0 Å². The minimum absolute atomic E-state index is 0.132. The number of nitrogens with zero attached hydrogens (tertiary/aromatic N) is 2. The Balaban J connectivity index is 3.05. The van der Waals surface area contributed by atoms with Crippen molar-refractivity contribution in [3.05, 3.63) is 23.8 Å². The van der Waals surface area contributed by atoms with E-state index in [-0.39, 0.29) is 6.54 Å². The third-order valence-electron chi connectivity index (χ3n) is 2.45. The number of hydrogen-bond donors (Lipinski definition) is 2. The van der Waals surface area contributed by atoms with Gasteiger partial charge in [0.25, 0.3) is 0 Å². The molecular weight excluding hydrogens is 228 g/mol. The van der Waals surface area contributed by atoms with E-state index in [0.29, 0.717) is 23.7 Å². The van der Waals surface area contributed by atoms with Gasteiger partial charge in [-0.3, -0.25) is 4.79 Å². The van der Waals surface area contributed by atoms with Gasteiger partial charge < -0.3 is 16.4 Å². The number of amides is 1. The lowest BCUT2D eigenvalue weighted by atomic mass is 10.1. The van der Waals surface area contributed by atoms with E-state index in [9.17, 15) is 4.79 Å². The summed E-state index contributed by atoms with van der Waals surface area (Å²) in [6, 6.07) is 7.17. The first-order chi connectivity index (χ1) is 8.43. The molecule has 96 valence electrons. The van der Waals surface area contributed by atoms with Gasteiger partial charge in [-0.1, -0.05) is 13.8 Å². The minimum atomic E-state index is -0.397. The number of nitriles is 1. The molecule has 0 aromatic heterocycles. The molecule has 1 aromatic carbocycles. The van der Waals surface area contributed by atoms with E-state index in [2.05, 4.69) is 13.8 Å². The molecule has 1 aromatic rings. The first-order valence-corrected chi connectivity index (χ1v) is 5.77. The molecule has 1 rings (SSSR count). The molecule has 5 heteroatoms. The molecule has 0 radical (unpaired) electrons. The lowest BCUT2D eigenvalue weighted by Crippen LogP contribution is -2.36. The molecule has 0 spiro atoms. The highest BCUT2D eigenvalue weighted by Crippen LogP contribution is 2.21. The van der Waals surface area contributed by atoms with Crippen molar-refractivity contribution in [3.63, 3.8) is 0 Å². The molecule has 4 N–H and O–H groups in total. The quantitative estimate of drug-likeness (QED) is 0.760. The molecule has 1 amide bonds. The SMILES string of the molecule is CC(C)CN(CC(N)=O)c1ccc(N)c(C#N)c1. The van der Waals surface area contributed by atoms with Gasteiger partial charge >= 0.3 is 0 Å². The second-order valence-electron chi connectivity index (χ2n) is 4.62. The second kappa shape index (κ2) is 5.92. The third kappa shape index (κ3) is 3.67. The Labute approximate surface area is 107 Å². The van der Waals surface area contributed by atoms with Crippen molar-refractivity contribution < 1.29 is 4.79 Å². The van der Waals surface area contributed by atoms with E-state index < -0.39 is 5.91 Å². The van der Waals surface area contributed by atoms with Crippen molar-refractivity contribution in [1.29, 1.82) is 5.26 Å². The topological polar surface area (TPSA) is 96.1 Å². The highest BCUT2D eigenvalue weighted by molar-refractivity contribution is 5.80. The van der Waals surface area contributed by atoms with Crippen LogP contribution in [0.15, 0.2) is 18.2 Å². The standard InChI is InChI=1S/C13H18N4O/c1-9(2)7-17(8-13(16)18)11-3-4-12(15)10(5-11)6-14/h3-5,9H,7-8,15H2,1-2H3,(H2,16,18). The summed E-state index contributed by atoms with van der Waals surface area (Å²) < 4.78 is 0. The van der Waals surface area contributed by atoms with Crippen LogP contribution in [-0.4, -0.2) is 19.0 Å². The average Bonchev–Trinajstić information content (AvgIpc) is 2.27. The molecule has 0 bridgehead atoms. The van der Waals surface area contributed by atoms with Gasteiger partial charge in [0.2, 0.25) is 5.91 Å². The fourth-order valence-corrected chi connectivity index (χ4v) is 1.73. The van der Waals surface area contributed by atoms with Gasteiger partial charge in [-0.2, -0.15) is 5.26 Å². The van der Waals surface area contributed by atoms with Gasteiger partial charge in [0.05, 0.1) is 12.1 Å². The molecule has 0 unspecified atom stereocenters. The molecule has 0 aliphatic rings. The first kappa shape index (κ1) is 13.8. The zero-order chi connectivity index (χ0) is 13.7. The van der Waals surface area contributed by atoms with Crippen LogP contribution in [0.1, 0.15) is 19.4 Å². The van der Waals surface area contributed by atoms with Gasteiger partial charge in [0, 0.05) is 17.9 Å². The van der Waals surface area contributed by atoms with Crippen molar-refractivity contribution in [3.8, 4) is 6.07 Å². The molecule has 0 aliphatic heterocycles. The summed E-state index contributed by atoms with van der Waals surface area (Å²) in [4.78, 5) is 12.9. The lowest BCUT2D eigenvalue weighted by Gasteiger charge is -2.25. The van der Waals surface area contributed by atoms with Crippen LogP contribution in [-0.2, 0) is 4.79 Å². The number of primary amides is 1. The van der Waals surface area contributed by atoms with Crippen LogP contribution in [0.3, 0.4) is 0 Å². The van der Waals surface area contributed by atoms with Crippen LogP contribution >= 0.6 is 0 Å². The Morgan fingerprint density at radius 3 is 2.67 bits per heavy atom. The molecule has 0 heterocycles. The Morgan fingerprint density at radius 2 is 2.17 bits per heavy atom. The van der Waals surface area contributed by atoms with Crippen LogP contribution in [0, 0.1) is 17.2 Å². The maximum Gasteiger partial charge on any atom is 0.236 e. The molecule has 0 fully saturated rings. The summed E-state index contributed by atoms with van der Waals surface area (Å²) in [5.41, 5.74) is 12.5. The minimum Gasteiger partial charge on any atom is -0.398 e. The number of carbonyl (C=O) groups excluding carboxylic acids is 1. The molecule has 0 saturated carbocycles. The maximum absolute atomic E-state index is 11.1. The fourth-order valence-electron chi connectivity index (χ4n) is 1.73. The number of carbonyl (C=O) groups is 1. The van der Waals surface area contributed by atoms with Crippen molar-refractivity contribution in [2.75, 3.05) is 23.7 Å². The van der Waals surface area contributed by atoms with Crippen LogP contribution in [0.2, 0.25) is 0 Å². The summed E-state index contributed by atoms with van der Waals surface area (Å²) in [6.45, 7) is 4.93. The zero-order valence-electron chi connectivity index (χ0n) is 10.7. The monoisotopic (exact) mass is 246 g/mol. The van der Waals surface area contributed by atoms with E-state index >= 15 is 0 Å². The number of nitrogens with two attached hydrogens (primary N) is 2. The molecule has 18 heavy (non-hydrogen) atoms. The van der Waals surface area contributed by atoms with E-state index in [0.717, 1.165) is 5.69 Å². The molecule has 0 atom stereocenters. The van der Waals surface area contributed by atoms with Crippen LogP contribution in [0.5, 0.6) is 0 Å². The average molecular weight is 246 g/mol. The van der Waals surface area contributed by atoms with Crippen LogP contribution in [0.4, 0.5) is 11.4 Å². The van der Waals surface area contributed by atoms with Crippen molar-refractivity contribution in [2.24, 2.45) is 11.7 Å². The fraction of sp³-hybridized carbons (Fsp3) is 0.385. The Kier molecular flexibility index (Phi) is 4.55. The summed E-state index contributed by atoms with van der Waals surface area (Å²) in [7, 11) is 0. The van der Waals surface area contributed by atoms with Crippen molar-refractivity contribution in [1.82, 2.24) is 0 Å². The number of nitrogen functional groups attached to an aromatic ring is 1. The van der Waals surface area contributed by atoms with E-state index in [1.165, 1.54) is 0 Å².